The van der Waals surface area contributed by atoms with Gasteiger partial charge in [-0.25, -0.2) is 4.79 Å². The fraction of sp³-hybridized carbons (Fsp3) is 0.464. The van der Waals surface area contributed by atoms with Gasteiger partial charge in [-0.15, -0.1) is 0 Å². The van der Waals surface area contributed by atoms with E-state index in [0.717, 1.165) is 35.1 Å². The lowest BCUT2D eigenvalue weighted by atomic mass is 9.78. The summed E-state index contributed by atoms with van der Waals surface area (Å²) < 4.78 is 5.64. The summed E-state index contributed by atoms with van der Waals surface area (Å²) in [5.74, 6) is -1.02. The maximum absolute atomic E-state index is 13.3. The molecule has 0 bridgehead atoms. The van der Waals surface area contributed by atoms with Crippen molar-refractivity contribution in [1.29, 1.82) is 0 Å². The second-order valence-corrected chi connectivity index (χ2v) is 9.93. The quantitative estimate of drug-likeness (QED) is 0.644. The number of likely N-dealkylation sites (tertiary alicyclic amines) is 1. The smallest absolute Gasteiger partial charge is 0.407 e. The van der Waals surface area contributed by atoms with Gasteiger partial charge in [-0.05, 0) is 60.3 Å². The van der Waals surface area contributed by atoms with Gasteiger partial charge in [0, 0.05) is 18.5 Å². The van der Waals surface area contributed by atoms with Crippen LogP contribution in [0.25, 0.3) is 11.1 Å². The molecule has 0 aromatic heterocycles. The predicted octanol–water partition coefficient (Wildman–Crippen LogP) is 4.41. The predicted molar refractivity (Wildman–Crippen MR) is 131 cm³/mol. The van der Waals surface area contributed by atoms with Crippen molar-refractivity contribution < 1.29 is 24.2 Å². The van der Waals surface area contributed by atoms with Gasteiger partial charge in [0.05, 0.1) is 5.92 Å². The fourth-order valence-corrected chi connectivity index (χ4v) is 6.22. The number of hydrogen-bond acceptors (Lipinski definition) is 4. The average Bonchev–Trinajstić information content (AvgIpc) is 3.44. The first-order valence-corrected chi connectivity index (χ1v) is 12.6. The first kappa shape index (κ1) is 23.4. The number of nitrogens with zero attached hydrogens (tertiary/aromatic N) is 1. The third kappa shape index (κ3) is 4.40. The van der Waals surface area contributed by atoms with Crippen LogP contribution in [0.2, 0.25) is 0 Å². The number of amides is 2. The molecular formula is C28H32N2O5. The number of nitrogens with one attached hydrogen (secondary N) is 1. The van der Waals surface area contributed by atoms with E-state index in [1.165, 1.54) is 0 Å². The molecule has 1 saturated carbocycles. The molecule has 4 atom stereocenters. The number of benzene rings is 2. The molecule has 2 fully saturated rings. The molecule has 2 N–H and O–H groups in total. The second kappa shape index (κ2) is 9.72. The maximum Gasteiger partial charge on any atom is 0.407 e. The maximum atomic E-state index is 13.3. The van der Waals surface area contributed by atoms with Crippen LogP contribution < -0.4 is 5.32 Å². The van der Waals surface area contributed by atoms with E-state index in [2.05, 4.69) is 29.6 Å². The lowest BCUT2D eigenvalue weighted by Crippen LogP contribution is -2.51. The Balaban J connectivity index is 1.22. The highest BCUT2D eigenvalue weighted by molar-refractivity contribution is 5.86. The molecule has 2 aliphatic carbocycles. The SMILES string of the molecule is CC[C@H](NC(=O)OCC1c2ccccc2-c2ccccc21)C(=O)N1CCC2CCC(C(=O)O)CC21. The summed E-state index contributed by atoms with van der Waals surface area (Å²) in [6.45, 7) is 2.67. The van der Waals surface area contributed by atoms with Gasteiger partial charge in [0.1, 0.15) is 12.6 Å². The molecule has 1 saturated heterocycles. The molecule has 35 heavy (non-hydrogen) atoms. The summed E-state index contributed by atoms with van der Waals surface area (Å²) in [5, 5.41) is 12.2. The van der Waals surface area contributed by atoms with Crippen LogP contribution in [0.3, 0.4) is 0 Å². The van der Waals surface area contributed by atoms with Crippen LogP contribution in [0, 0.1) is 11.8 Å². The van der Waals surface area contributed by atoms with Crippen molar-refractivity contribution in [2.24, 2.45) is 11.8 Å². The first-order valence-electron chi connectivity index (χ1n) is 12.6. The normalized spacial score (nSPS) is 23.7. The van der Waals surface area contributed by atoms with Crippen molar-refractivity contribution in [1.82, 2.24) is 10.2 Å². The minimum absolute atomic E-state index is 0.0431. The van der Waals surface area contributed by atoms with Crippen LogP contribution in [0.15, 0.2) is 48.5 Å². The van der Waals surface area contributed by atoms with Crippen molar-refractivity contribution >= 4 is 18.0 Å². The molecule has 7 nitrogen and oxygen atoms in total. The van der Waals surface area contributed by atoms with Crippen LogP contribution in [-0.4, -0.2) is 53.2 Å². The van der Waals surface area contributed by atoms with Crippen LogP contribution in [0.1, 0.15) is 56.1 Å². The largest absolute Gasteiger partial charge is 0.481 e. The molecule has 1 aliphatic heterocycles. The summed E-state index contributed by atoms with van der Waals surface area (Å²) in [7, 11) is 0. The number of hydrogen-bond donors (Lipinski definition) is 2. The van der Waals surface area contributed by atoms with Crippen LogP contribution in [0.4, 0.5) is 4.79 Å². The van der Waals surface area contributed by atoms with Crippen molar-refractivity contribution in [3.63, 3.8) is 0 Å². The van der Waals surface area contributed by atoms with Crippen LogP contribution in [0.5, 0.6) is 0 Å². The summed E-state index contributed by atoms with van der Waals surface area (Å²) in [4.78, 5) is 39.4. The Kier molecular flexibility index (Phi) is 6.50. The highest BCUT2D eigenvalue weighted by Gasteiger charge is 2.44. The molecule has 1 heterocycles. The molecule has 5 rings (SSSR count). The Morgan fingerprint density at radius 1 is 1.03 bits per heavy atom. The molecule has 3 unspecified atom stereocenters. The fourth-order valence-electron chi connectivity index (χ4n) is 6.22. The number of carbonyl (C=O) groups excluding carboxylic acids is 2. The highest BCUT2D eigenvalue weighted by atomic mass is 16.5. The van der Waals surface area contributed by atoms with E-state index in [4.69, 9.17) is 4.74 Å². The van der Waals surface area contributed by atoms with Gasteiger partial charge in [-0.1, -0.05) is 55.5 Å². The monoisotopic (exact) mass is 476 g/mol. The zero-order chi connectivity index (χ0) is 24.5. The van der Waals surface area contributed by atoms with Gasteiger partial charge >= 0.3 is 12.1 Å². The minimum Gasteiger partial charge on any atom is -0.481 e. The third-order valence-electron chi connectivity index (χ3n) is 8.07. The number of alkyl carbamates (subject to hydrolysis) is 1. The van der Waals surface area contributed by atoms with E-state index in [-0.39, 0.29) is 24.5 Å². The summed E-state index contributed by atoms with van der Waals surface area (Å²) in [6, 6.07) is 15.6. The zero-order valence-electron chi connectivity index (χ0n) is 20.0. The summed E-state index contributed by atoms with van der Waals surface area (Å²) in [6.07, 6.45) is 2.74. The molecule has 2 amide bonds. The van der Waals surface area contributed by atoms with Crippen LogP contribution in [-0.2, 0) is 14.3 Å². The Bertz CT molecular complexity index is 1090. The van der Waals surface area contributed by atoms with Gasteiger partial charge in [0.15, 0.2) is 0 Å². The van der Waals surface area contributed by atoms with Gasteiger partial charge in [0.25, 0.3) is 0 Å². The molecular weight excluding hydrogens is 444 g/mol. The molecule has 184 valence electrons. The number of aliphatic carboxylic acids is 1. The number of fused-ring (bicyclic) bond motifs is 4. The van der Waals surface area contributed by atoms with Gasteiger partial charge in [-0.3, -0.25) is 9.59 Å². The van der Waals surface area contributed by atoms with Gasteiger partial charge < -0.3 is 20.1 Å². The first-order chi connectivity index (χ1) is 17.0. The summed E-state index contributed by atoms with van der Waals surface area (Å²) in [5.41, 5.74) is 4.60. The third-order valence-corrected chi connectivity index (χ3v) is 8.07. The molecule has 7 heteroatoms. The van der Waals surface area contributed by atoms with E-state index in [9.17, 15) is 19.5 Å². The van der Waals surface area contributed by atoms with Crippen molar-refractivity contribution in [3.05, 3.63) is 59.7 Å². The standard InChI is InChI=1S/C28H32N2O5/c1-2-24(26(31)30-14-13-17-11-12-18(27(32)33)15-25(17)30)29-28(34)35-16-23-21-9-5-3-7-19(21)20-8-4-6-10-22(20)23/h3-10,17-18,23-25H,2,11-16H2,1H3,(H,29,34)(H,32,33)/t17?,18?,24-,25?/m0/s1. The Morgan fingerprint density at radius 2 is 1.69 bits per heavy atom. The van der Waals surface area contributed by atoms with E-state index >= 15 is 0 Å². The van der Waals surface area contributed by atoms with Crippen molar-refractivity contribution in [2.75, 3.05) is 13.2 Å². The van der Waals surface area contributed by atoms with E-state index in [1.54, 1.807) is 4.90 Å². The van der Waals surface area contributed by atoms with Crippen LogP contribution >= 0.6 is 0 Å². The van der Waals surface area contributed by atoms with Gasteiger partial charge in [0.2, 0.25) is 5.91 Å². The van der Waals surface area contributed by atoms with E-state index in [1.807, 2.05) is 31.2 Å². The van der Waals surface area contributed by atoms with Crippen molar-refractivity contribution in [3.8, 4) is 11.1 Å². The number of ether oxygens (including phenoxy) is 1. The Morgan fingerprint density at radius 3 is 2.31 bits per heavy atom. The van der Waals surface area contributed by atoms with E-state index in [0.29, 0.717) is 31.7 Å². The van der Waals surface area contributed by atoms with E-state index < -0.39 is 24.0 Å². The summed E-state index contributed by atoms with van der Waals surface area (Å²) >= 11 is 0. The zero-order valence-corrected chi connectivity index (χ0v) is 20.0. The molecule has 0 radical (unpaired) electrons. The average molecular weight is 477 g/mol. The number of carboxylic acid groups (broad SMARTS) is 1. The molecule has 3 aliphatic rings. The van der Waals surface area contributed by atoms with Crippen molar-refractivity contribution in [2.45, 2.75) is 57.0 Å². The minimum atomic E-state index is -0.786. The lowest BCUT2D eigenvalue weighted by molar-refractivity contribution is -0.145. The lowest BCUT2D eigenvalue weighted by Gasteiger charge is -2.36. The molecule has 2 aromatic rings. The molecule has 2 aromatic carbocycles. The second-order valence-electron chi connectivity index (χ2n) is 9.93. The Labute approximate surface area is 205 Å². The highest BCUT2D eigenvalue weighted by Crippen LogP contribution is 2.44. The number of rotatable bonds is 6. The van der Waals surface area contributed by atoms with Gasteiger partial charge in [-0.2, -0.15) is 0 Å². The number of carbonyl (C=O) groups is 3. The topological polar surface area (TPSA) is 95.9 Å². The number of carboxylic acids is 1. The molecule has 0 spiro atoms. The Hall–Kier alpha value is -3.35.